The first-order valence-corrected chi connectivity index (χ1v) is 9.41. The molecule has 0 saturated heterocycles. The molecule has 0 radical (unpaired) electrons. The van der Waals surface area contributed by atoms with Gasteiger partial charge in [0.25, 0.3) is 5.89 Å². The molecule has 2 aromatic carbocycles. The number of rotatable bonds is 3. The van der Waals surface area contributed by atoms with Crippen molar-refractivity contribution in [2.24, 2.45) is 0 Å². The van der Waals surface area contributed by atoms with Crippen LogP contribution in [-0.2, 0) is 17.9 Å². The highest BCUT2D eigenvalue weighted by molar-refractivity contribution is 5.63. The SMILES string of the molecule is Fc1ccc(C2Cn3nc(-c4nc(-c5ccc6c(c5)OCO6)no4)cc3CO2)cc1. The van der Waals surface area contributed by atoms with E-state index in [0.717, 1.165) is 16.8 Å². The van der Waals surface area contributed by atoms with E-state index in [1.54, 1.807) is 12.1 Å². The van der Waals surface area contributed by atoms with Crippen LogP contribution in [0.25, 0.3) is 23.0 Å². The maximum atomic E-state index is 13.2. The van der Waals surface area contributed by atoms with Crippen molar-refractivity contribution in [3.05, 3.63) is 65.6 Å². The van der Waals surface area contributed by atoms with Gasteiger partial charge in [0, 0.05) is 5.56 Å². The molecule has 6 rings (SSSR count). The maximum Gasteiger partial charge on any atom is 0.278 e. The standard InChI is InChI=1S/C21H15FN4O4/c22-14-4-1-12(2-5-14)19-9-26-15(10-27-19)8-16(24-26)21-23-20(25-30-21)13-3-6-17-18(7-13)29-11-28-17/h1-8,19H,9-11H2. The second-order valence-electron chi connectivity index (χ2n) is 7.05. The van der Waals surface area contributed by atoms with Gasteiger partial charge in [0.2, 0.25) is 12.6 Å². The molecule has 1 atom stereocenters. The van der Waals surface area contributed by atoms with Crippen LogP contribution in [-0.4, -0.2) is 26.7 Å². The third-order valence-electron chi connectivity index (χ3n) is 5.15. The van der Waals surface area contributed by atoms with Gasteiger partial charge >= 0.3 is 0 Å². The lowest BCUT2D eigenvalue weighted by Crippen LogP contribution is -2.21. The lowest BCUT2D eigenvalue weighted by Gasteiger charge is -2.24. The molecule has 0 bridgehead atoms. The number of benzene rings is 2. The second-order valence-corrected chi connectivity index (χ2v) is 7.05. The molecule has 0 spiro atoms. The fourth-order valence-corrected chi connectivity index (χ4v) is 3.59. The van der Waals surface area contributed by atoms with E-state index in [2.05, 4.69) is 15.2 Å². The average molecular weight is 406 g/mol. The molecule has 1 unspecified atom stereocenters. The zero-order valence-corrected chi connectivity index (χ0v) is 15.6. The van der Waals surface area contributed by atoms with E-state index in [4.69, 9.17) is 18.7 Å². The van der Waals surface area contributed by atoms with Crippen molar-refractivity contribution >= 4 is 0 Å². The summed E-state index contributed by atoms with van der Waals surface area (Å²) in [5.74, 6) is 1.84. The Hall–Kier alpha value is -3.72. The number of hydrogen-bond acceptors (Lipinski definition) is 7. The van der Waals surface area contributed by atoms with Crippen LogP contribution in [0.3, 0.4) is 0 Å². The monoisotopic (exact) mass is 406 g/mol. The van der Waals surface area contributed by atoms with Gasteiger partial charge in [0.15, 0.2) is 17.2 Å². The summed E-state index contributed by atoms with van der Waals surface area (Å²) in [6.07, 6.45) is -0.197. The van der Waals surface area contributed by atoms with E-state index < -0.39 is 0 Å². The molecule has 2 aliphatic heterocycles. The van der Waals surface area contributed by atoms with E-state index in [-0.39, 0.29) is 18.7 Å². The first-order valence-electron chi connectivity index (χ1n) is 9.41. The Morgan fingerprint density at radius 2 is 1.87 bits per heavy atom. The van der Waals surface area contributed by atoms with Gasteiger partial charge in [0.1, 0.15) is 11.9 Å². The molecule has 0 N–H and O–H groups in total. The quantitative estimate of drug-likeness (QED) is 0.512. The number of halogens is 1. The highest BCUT2D eigenvalue weighted by Crippen LogP contribution is 2.36. The number of aromatic nitrogens is 4. The Morgan fingerprint density at radius 3 is 2.77 bits per heavy atom. The molecule has 4 heterocycles. The molecule has 0 saturated carbocycles. The summed E-state index contributed by atoms with van der Waals surface area (Å²) < 4.78 is 37.1. The van der Waals surface area contributed by atoms with Crippen LogP contribution in [0, 0.1) is 5.82 Å². The minimum Gasteiger partial charge on any atom is -0.454 e. The first kappa shape index (κ1) is 17.2. The molecule has 9 heteroatoms. The predicted octanol–water partition coefficient (Wildman–Crippen LogP) is 3.74. The molecule has 150 valence electrons. The van der Waals surface area contributed by atoms with Gasteiger partial charge in [-0.1, -0.05) is 17.3 Å². The van der Waals surface area contributed by atoms with Crippen molar-refractivity contribution in [1.29, 1.82) is 0 Å². The van der Waals surface area contributed by atoms with Crippen molar-refractivity contribution < 1.29 is 23.1 Å². The second kappa shape index (κ2) is 6.67. The lowest BCUT2D eigenvalue weighted by molar-refractivity contribution is -0.00116. The van der Waals surface area contributed by atoms with Crippen LogP contribution in [0.15, 0.2) is 53.1 Å². The summed E-state index contributed by atoms with van der Waals surface area (Å²) in [7, 11) is 0. The van der Waals surface area contributed by atoms with Crippen LogP contribution in [0.4, 0.5) is 4.39 Å². The van der Waals surface area contributed by atoms with Gasteiger partial charge in [-0.05, 0) is 42.0 Å². The highest BCUT2D eigenvalue weighted by Gasteiger charge is 2.25. The summed E-state index contributed by atoms with van der Waals surface area (Å²) >= 11 is 0. The predicted molar refractivity (Wildman–Crippen MR) is 101 cm³/mol. The summed E-state index contributed by atoms with van der Waals surface area (Å²) in [4.78, 5) is 4.47. The topological polar surface area (TPSA) is 84.4 Å². The van der Waals surface area contributed by atoms with Gasteiger partial charge in [0.05, 0.1) is 18.8 Å². The smallest absolute Gasteiger partial charge is 0.278 e. The van der Waals surface area contributed by atoms with E-state index >= 15 is 0 Å². The third-order valence-corrected chi connectivity index (χ3v) is 5.15. The Kier molecular flexibility index (Phi) is 3.81. The summed E-state index contributed by atoms with van der Waals surface area (Å²) in [5, 5.41) is 8.67. The molecule has 0 amide bonds. The largest absolute Gasteiger partial charge is 0.454 e. The zero-order valence-electron chi connectivity index (χ0n) is 15.6. The van der Waals surface area contributed by atoms with Crippen molar-refractivity contribution in [2.45, 2.75) is 19.3 Å². The minimum atomic E-state index is -0.272. The molecule has 2 aliphatic rings. The number of hydrogen-bond donors (Lipinski definition) is 0. The van der Waals surface area contributed by atoms with E-state index in [1.807, 2.05) is 28.9 Å². The van der Waals surface area contributed by atoms with E-state index in [9.17, 15) is 4.39 Å². The summed E-state index contributed by atoms with van der Waals surface area (Å²) in [6.45, 7) is 1.11. The van der Waals surface area contributed by atoms with Crippen molar-refractivity contribution in [3.8, 4) is 34.5 Å². The summed E-state index contributed by atoms with van der Waals surface area (Å²) in [6, 6.07) is 13.7. The Bertz CT molecular complexity index is 1230. The van der Waals surface area contributed by atoms with Crippen LogP contribution >= 0.6 is 0 Å². The lowest BCUT2D eigenvalue weighted by atomic mass is 10.1. The minimum absolute atomic E-state index is 0.197. The van der Waals surface area contributed by atoms with Crippen molar-refractivity contribution in [2.75, 3.05) is 6.79 Å². The number of ether oxygens (including phenoxy) is 3. The number of nitrogens with zero attached hydrogens (tertiary/aromatic N) is 4. The molecule has 4 aromatic rings. The van der Waals surface area contributed by atoms with Gasteiger partial charge in [-0.15, -0.1) is 0 Å². The van der Waals surface area contributed by atoms with Gasteiger partial charge < -0.3 is 18.7 Å². The Balaban J connectivity index is 1.25. The van der Waals surface area contributed by atoms with Crippen molar-refractivity contribution in [1.82, 2.24) is 19.9 Å². The molecule has 30 heavy (non-hydrogen) atoms. The average Bonchev–Trinajstić information content (AvgIpc) is 3.51. The maximum absolute atomic E-state index is 13.2. The third kappa shape index (κ3) is 2.91. The zero-order chi connectivity index (χ0) is 20.1. The van der Waals surface area contributed by atoms with Crippen molar-refractivity contribution in [3.63, 3.8) is 0 Å². The van der Waals surface area contributed by atoms with Gasteiger partial charge in [-0.25, -0.2) is 4.39 Å². The summed E-state index contributed by atoms with van der Waals surface area (Å²) in [5.41, 5.74) is 3.15. The van der Waals surface area contributed by atoms with Gasteiger partial charge in [-0.3, -0.25) is 4.68 Å². The molecule has 2 aromatic heterocycles. The van der Waals surface area contributed by atoms with Crippen LogP contribution in [0.2, 0.25) is 0 Å². The molecular weight excluding hydrogens is 391 g/mol. The molecular formula is C21H15FN4O4. The Labute approximate surface area is 169 Å². The number of fused-ring (bicyclic) bond motifs is 2. The Morgan fingerprint density at radius 1 is 1.00 bits per heavy atom. The van der Waals surface area contributed by atoms with Crippen LogP contribution in [0.1, 0.15) is 17.4 Å². The molecule has 0 fully saturated rings. The van der Waals surface area contributed by atoms with E-state index in [0.29, 0.717) is 42.1 Å². The highest BCUT2D eigenvalue weighted by atomic mass is 19.1. The fourth-order valence-electron chi connectivity index (χ4n) is 3.59. The van der Waals surface area contributed by atoms with E-state index in [1.165, 1.54) is 12.1 Å². The van der Waals surface area contributed by atoms with Gasteiger partial charge in [-0.2, -0.15) is 10.1 Å². The normalized spacial score (nSPS) is 17.2. The first-order chi connectivity index (χ1) is 14.7. The van der Waals surface area contributed by atoms with Crippen LogP contribution < -0.4 is 9.47 Å². The molecule has 0 aliphatic carbocycles. The molecule has 8 nitrogen and oxygen atoms in total. The van der Waals surface area contributed by atoms with Crippen LogP contribution in [0.5, 0.6) is 11.5 Å². The fraction of sp³-hybridized carbons (Fsp3) is 0.190.